The Hall–Kier alpha value is -2.12. The summed E-state index contributed by atoms with van der Waals surface area (Å²) in [5.41, 5.74) is 0.242. The van der Waals surface area contributed by atoms with E-state index < -0.39 is 11.8 Å². The highest BCUT2D eigenvalue weighted by Crippen LogP contribution is 2.25. The van der Waals surface area contributed by atoms with Gasteiger partial charge in [0.15, 0.2) is 0 Å². The van der Waals surface area contributed by atoms with Crippen LogP contribution in [0.15, 0.2) is 24.5 Å². The molecule has 1 aromatic carbocycles. The van der Waals surface area contributed by atoms with E-state index in [0.717, 1.165) is 0 Å². The van der Waals surface area contributed by atoms with Crippen LogP contribution in [0, 0.1) is 0 Å². The molecule has 0 aliphatic carbocycles. The first-order valence-corrected chi connectivity index (χ1v) is 5.74. The lowest BCUT2D eigenvalue weighted by atomic mass is 10.3. The molecule has 0 aliphatic heterocycles. The zero-order valence-electron chi connectivity index (χ0n) is 9.28. The highest BCUT2D eigenvalue weighted by atomic mass is 35.5. The number of rotatable bonds is 2. The van der Waals surface area contributed by atoms with Gasteiger partial charge in [-0.3, -0.25) is 14.9 Å². The first-order chi connectivity index (χ1) is 9.06. The van der Waals surface area contributed by atoms with E-state index in [2.05, 4.69) is 25.8 Å². The second-order valence-corrected chi connectivity index (χ2v) is 4.21. The molecule has 2 aromatic rings. The number of anilines is 2. The number of aromatic amines is 1. The minimum Gasteiger partial charge on any atom is -0.316 e. The highest BCUT2D eigenvalue weighted by molar-refractivity contribution is 6.45. The number of halogens is 2. The fraction of sp³-hybridized carbons (Fsp3) is 0. The Bertz CT molecular complexity index is 614. The van der Waals surface area contributed by atoms with Crippen molar-refractivity contribution < 1.29 is 9.59 Å². The summed E-state index contributed by atoms with van der Waals surface area (Å²) >= 11 is 11.6. The third kappa shape index (κ3) is 3.43. The van der Waals surface area contributed by atoms with Gasteiger partial charge in [0.25, 0.3) is 0 Å². The van der Waals surface area contributed by atoms with Crippen molar-refractivity contribution >= 4 is 46.7 Å². The molecular weight excluding hydrogens is 293 g/mol. The summed E-state index contributed by atoms with van der Waals surface area (Å²) in [5, 5.41) is 11.1. The van der Waals surface area contributed by atoms with Crippen molar-refractivity contribution in [1.82, 2.24) is 15.2 Å². The summed E-state index contributed by atoms with van der Waals surface area (Å²) in [5.74, 6) is -1.74. The topological polar surface area (TPSA) is 99.8 Å². The summed E-state index contributed by atoms with van der Waals surface area (Å²) in [6.45, 7) is 0. The number of nitrogens with zero attached hydrogens (tertiary/aromatic N) is 2. The fourth-order valence-electron chi connectivity index (χ4n) is 1.20. The standard InChI is InChI=1S/C10H7Cl2N5O2/c11-5-1-2-6(12)7(3-5)15-8(18)9(19)16-10-13-4-14-17-10/h1-4H,(H,15,18)(H2,13,14,16,17,19). The molecule has 1 aromatic heterocycles. The van der Waals surface area contributed by atoms with Crippen molar-refractivity contribution in [1.29, 1.82) is 0 Å². The fourth-order valence-corrected chi connectivity index (χ4v) is 1.54. The van der Waals surface area contributed by atoms with E-state index in [1.807, 2.05) is 0 Å². The average Bonchev–Trinajstić information content (AvgIpc) is 2.86. The van der Waals surface area contributed by atoms with Gasteiger partial charge in [-0.15, -0.1) is 0 Å². The largest absolute Gasteiger partial charge is 0.316 e. The maximum atomic E-state index is 11.6. The molecule has 0 saturated carbocycles. The number of benzene rings is 1. The van der Waals surface area contributed by atoms with Crippen molar-refractivity contribution in [3.63, 3.8) is 0 Å². The number of carbonyl (C=O) groups excluding carboxylic acids is 2. The summed E-state index contributed by atoms with van der Waals surface area (Å²) in [6, 6.07) is 4.51. The Morgan fingerprint density at radius 1 is 1.16 bits per heavy atom. The van der Waals surface area contributed by atoms with Crippen molar-refractivity contribution in [3.8, 4) is 0 Å². The number of nitrogens with one attached hydrogen (secondary N) is 3. The van der Waals surface area contributed by atoms with E-state index >= 15 is 0 Å². The van der Waals surface area contributed by atoms with Gasteiger partial charge >= 0.3 is 11.8 Å². The van der Waals surface area contributed by atoms with E-state index in [0.29, 0.717) is 5.02 Å². The number of carbonyl (C=O) groups is 2. The Kier molecular flexibility index (Phi) is 3.98. The SMILES string of the molecule is O=C(Nc1ncn[nH]1)C(=O)Nc1cc(Cl)ccc1Cl. The molecule has 7 nitrogen and oxygen atoms in total. The number of aromatic nitrogens is 3. The van der Waals surface area contributed by atoms with E-state index in [1.54, 1.807) is 6.07 Å². The molecule has 1 heterocycles. The molecule has 9 heteroatoms. The molecule has 0 unspecified atom stereocenters. The summed E-state index contributed by atoms with van der Waals surface area (Å²) in [6.07, 6.45) is 1.20. The molecule has 2 amide bonds. The van der Waals surface area contributed by atoms with E-state index in [-0.39, 0.29) is 16.7 Å². The van der Waals surface area contributed by atoms with Crippen LogP contribution in [0.25, 0.3) is 0 Å². The predicted octanol–water partition coefficient (Wildman–Crippen LogP) is 1.69. The molecule has 0 bridgehead atoms. The molecule has 0 saturated heterocycles. The lowest BCUT2D eigenvalue weighted by Crippen LogP contribution is -2.29. The first kappa shape index (κ1) is 13.3. The molecule has 98 valence electrons. The molecule has 0 atom stereocenters. The van der Waals surface area contributed by atoms with Gasteiger partial charge in [0.1, 0.15) is 6.33 Å². The number of hydrogen-bond acceptors (Lipinski definition) is 4. The Morgan fingerprint density at radius 2 is 1.89 bits per heavy atom. The molecule has 19 heavy (non-hydrogen) atoms. The molecule has 0 aliphatic rings. The van der Waals surface area contributed by atoms with Crippen LogP contribution < -0.4 is 10.6 Å². The van der Waals surface area contributed by atoms with E-state index in [4.69, 9.17) is 23.2 Å². The summed E-state index contributed by atoms with van der Waals surface area (Å²) in [4.78, 5) is 26.8. The molecular formula is C10H7Cl2N5O2. The molecule has 2 rings (SSSR count). The Balaban J connectivity index is 2.04. The maximum Gasteiger partial charge on any atom is 0.316 e. The van der Waals surface area contributed by atoms with Crippen molar-refractivity contribution in [2.24, 2.45) is 0 Å². The zero-order chi connectivity index (χ0) is 13.8. The smallest absolute Gasteiger partial charge is 0.316 e. The van der Waals surface area contributed by atoms with Crippen LogP contribution in [0.1, 0.15) is 0 Å². The van der Waals surface area contributed by atoms with Crippen LogP contribution in [0.4, 0.5) is 11.6 Å². The molecule has 0 fully saturated rings. The number of amides is 2. The van der Waals surface area contributed by atoms with E-state index in [9.17, 15) is 9.59 Å². The van der Waals surface area contributed by atoms with Crippen LogP contribution in [0.2, 0.25) is 10.0 Å². The third-order valence-electron chi connectivity index (χ3n) is 2.03. The quantitative estimate of drug-likeness (QED) is 0.735. The zero-order valence-corrected chi connectivity index (χ0v) is 10.8. The normalized spacial score (nSPS) is 10.0. The van der Waals surface area contributed by atoms with Gasteiger partial charge < -0.3 is 5.32 Å². The van der Waals surface area contributed by atoms with Gasteiger partial charge in [0, 0.05) is 5.02 Å². The minimum atomic E-state index is -0.909. The van der Waals surface area contributed by atoms with Gasteiger partial charge in [-0.2, -0.15) is 10.1 Å². The number of H-pyrrole nitrogens is 1. The summed E-state index contributed by atoms with van der Waals surface area (Å²) in [7, 11) is 0. The van der Waals surface area contributed by atoms with E-state index in [1.165, 1.54) is 18.5 Å². The lowest BCUT2D eigenvalue weighted by Gasteiger charge is -2.06. The second-order valence-electron chi connectivity index (χ2n) is 3.37. The van der Waals surface area contributed by atoms with Gasteiger partial charge in [0.2, 0.25) is 5.95 Å². The minimum absolute atomic E-state index is 0.0670. The predicted molar refractivity (Wildman–Crippen MR) is 70.1 cm³/mol. The first-order valence-electron chi connectivity index (χ1n) is 4.99. The van der Waals surface area contributed by atoms with Crippen LogP contribution in [0.5, 0.6) is 0 Å². The van der Waals surface area contributed by atoms with Crippen LogP contribution in [-0.2, 0) is 9.59 Å². The monoisotopic (exact) mass is 299 g/mol. The molecule has 3 N–H and O–H groups in total. The van der Waals surface area contributed by atoms with Crippen molar-refractivity contribution in [2.75, 3.05) is 10.6 Å². The third-order valence-corrected chi connectivity index (χ3v) is 2.59. The van der Waals surface area contributed by atoms with Gasteiger partial charge in [0.05, 0.1) is 10.7 Å². The van der Waals surface area contributed by atoms with Gasteiger partial charge in [-0.05, 0) is 18.2 Å². The highest BCUT2D eigenvalue weighted by Gasteiger charge is 2.16. The van der Waals surface area contributed by atoms with Gasteiger partial charge in [-0.25, -0.2) is 5.10 Å². The van der Waals surface area contributed by atoms with Gasteiger partial charge in [-0.1, -0.05) is 23.2 Å². The number of hydrogen-bond donors (Lipinski definition) is 3. The second kappa shape index (κ2) is 5.68. The lowest BCUT2D eigenvalue weighted by molar-refractivity contribution is -0.133. The van der Waals surface area contributed by atoms with Crippen molar-refractivity contribution in [2.45, 2.75) is 0 Å². The maximum absolute atomic E-state index is 11.6. The summed E-state index contributed by atoms with van der Waals surface area (Å²) < 4.78 is 0. The molecule has 0 spiro atoms. The van der Waals surface area contributed by atoms with Crippen LogP contribution in [-0.4, -0.2) is 27.0 Å². The van der Waals surface area contributed by atoms with Crippen molar-refractivity contribution in [3.05, 3.63) is 34.6 Å². The Morgan fingerprint density at radius 3 is 2.58 bits per heavy atom. The molecule has 0 radical (unpaired) electrons. The van der Waals surface area contributed by atoms with Crippen LogP contribution in [0.3, 0.4) is 0 Å². The van der Waals surface area contributed by atoms with Crippen LogP contribution >= 0.6 is 23.2 Å². The Labute approximate surface area is 117 Å². The average molecular weight is 300 g/mol.